The normalized spacial score (nSPS) is 22.3. The van der Waals surface area contributed by atoms with E-state index in [1.165, 1.54) is 18.6 Å². The Bertz CT molecular complexity index is 1110. The van der Waals surface area contributed by atoms with Gasteiger partial charge in [-0.1, -0.05) is 19.3 Å². The molecule has 30 heavy (non-hydrogen) atoms. The minimum Gasteiger partial charge on any atom is -0.351 e. The molecule has 2 aromatic heterocycles. The molecule has 0 bridgehead atoms. The molecule has 5 nitrogen and oxygen atoms in total. The summed E-state index contributed by atoms with van der Waals surface area (Å²) in [6, 6.07) is 9.80. The Morgan fingerprint density at radius 2 is 1.90 bits per heavy atom. The number of amides is 2. The minimum absolute atomic E-state index is 0.140. The lowest BCUT2D eigenvalue weighted by Gasteiger charge is -2.44. The van der Waals surface area contributed by atoms with Gasteiger partial charge in [-0.15, -0.1) is 11.3 Å². The van der Waals surface area contributed by atoms with Gasteiger partial charge in [0.1, 0.15) is 21.9 Å². The highest BCUT2D eigenvalue weighted by atomic mass is 32.1. The molecule has 156 valence electrons. The van der Waals surface area contributed by atoms with Gasteiger partial charge in [-0.2, -0.15) is 0 Å². The second-order valence-corrected chi connectivity index (χ2v) is 9.39. The topological polar surface area (TPSA) is 54.3 Å². The number of carbonyl (C=O) groups is 2. The molecular weight excluding hydrogens is 401 g/mol. The molecule has 0 radical (unpaired) electrons. The first kappa shape index (κ1) is 19.3. The van der Waals surface area contributed by atoms with E-state index >= 15 is 0 Å². The lowest BCUT2D eigenvalue weighted by molar-refractivity contribution is -0.127. The number of aromatic nitrogens is 1. The van der Waals surface area contributed by atoms with Crippen molar-refractivity contribution in [3.63, 3.8) is 0 Å². The fraction of sp³-hybridized carbons (Fsp3) is 0.391. The van der Waals surface area contributed by atoms with Crippen LogP contribution in [0.2, 0.25) is 0 Å². The number of benzene rings is 1. The van der Waals surface area contributed by atoms with Crippen molar-refractivity contribution in [2.24, 2.45) is 0 Å². The van der Waals surface area contributed by atoms with Gasteiger partial charge in [-0.25, -0.2) is 4.39 Å². The zero-order valence-corrected chi connectivity index (χ0v) is 17.7. The number of anilines is 1. The van der Waals surface area contributed by atoms with Gasteiger partial charge in [0.05, 0.1) is 6.54 Å². The Kier molecular flexibility index (Phi) is 4.65. The molecule has 1 aliphatic heterocycles. The van der Waals surface area contributed by atoms with Crippen LogP contribution in [0.3, 0.4) is 0 Å². The fourth-order valence-electron chi connectivity index (χ4n) is 4.78. The molecule has 5 rings (SSSR count). The smallest absolute Gasteiger partial charge is 0.275 e. The van der Waals surface area contributed by atoms with Crippen molar-refractivity contribution in [3.05, 3.63) is 53.3 Å². The van der Waals surface area contributed by atoms with E-state index in [-0.39, 0.29) is 23.7 Å². The molecule has 3 aromatic rings. The maximum Gasteiger partial charge on any atom is 0.275 e. The molecular formula is C23H24FN3O2S. The van der Waals surface area contributed by atoms with Crippen molar-refractivity contribution in [3.8, 4) is 0 Å². The average Bonchev–Trinajstić information content (AvgIpc) is 3.33. The number of thiophene rings is 1. The van der Waals surface area contributed by atoms with Crippen molar-refractivity contribution in [1.29, 1.82) is 0 Å². The van der Waals surface area contributed by atoms with E-state index in [0.29, 0.717) is 17.9 Å². The molecule has 0 saturated heterocycles. The van der Waals surface area contributed by atoms with Gasteiger partial charge in [-0.05, 0) is 61.5 Å². The molecule has 2 amide bonds. The number of nitrogens with one attached hydrogen (secondary N) is 1. The molecule has 1 N–H and O–H groups in total. The Morgan fingerprint density at radius 3 is 2.63 bits per heavy atom. The van der Waals surface area contributed by atoms with Crippen LogP contribution in [0.1, 0.15) is 49.5 Å². The number of halogens is 1. The van der Waals surface area contributed by atoms with Gasteiger partial charge in [0.2, 0.25) is 5.91 Å². The van der Waals surface area contributed by atoms with E-state index in [9.17, 15) is 14.0 Å². The van der Waals surface area contributed by atoms with Crippen LogP contribution in [0.25, 0.3) is 10.2 Å². The standard InChI is InChI=1S/C23H24FN3O2S/c1-23(22(29)25-17-5-3-2-4-6-17)14-26-19(13-15-11-12-30-21(15)26)20(28)27(23)18-9-7-16(24)8-10-18/h7-13,17H,2-6,14H2,1H3,(H,25,29)/t23-/m1/s1. The Morgan fingerprint density at radius 1 is 1.17 bits per heavy atom. The van der Waals surface area contributed by atoms with Gasteiger partial charge in [0.15, 0.2) is 0 Å². The number of rotatable bonds is 3. The Balaban J connectivity index is 1.59. The van der Waals surface area contributed by atoms with E-state index in [2.05, 4.69) is 5.32 Å². The van der Waals surface area contributed by atoms with Crippen LogP contribution in [0.5, 0.6) is 0 Å². The first-order chi connectivity index (χ1) is 14.5. The van der Waals surface area contributed by atoms with Crippen molar-refractivity contribution in [2.75, 3.05) is 4.90 Å². The Hall–Kier alpha value is -2.67. The van der Waals surface area contributed by atoms with Crippen molar-refractivity contribution in [1.82, 2.24) is 9.88 Å². The second-order valence-electron chi connectivity index (χ2n) is 8.50. The minimum atomic E-state index is -1.12. The number of nitrogens with zero attached hydrogens (tertiary/aromatic N) is 2. The first-order valence-corrected chi connectivity index (χ1v) is 11.3. The van der Waals surface area contributed by atoms with E-state index in [0.717, 1.165) is 35.9 Å². The van der Waals surface area contributed by atoms with Crippen molar-refractivity contribution < 1.29 is 14.0 Å². The maximum atomic E-state index is 13.6. The molecule has 7 heteroatoms. The summed E-state index contributed by atoms with van der Waals surface area (Å²) >= 11 is 1.57. The summed E-state index contributed by atoms with van der Waals surface area (Å²) in [5, 5.41) is 6.20. The molecule has 3 heterocycles. The summed E-state index contributed by atoms with van der Waals surface area (Å²) in [6.45, 7) is 2.17. The molecule has 2 aliphatic rings. The second kappa shape index (κ2) is 7.23. The number of carbonyl (C=O) groups excluding carboxylic acids is 2. The summed E-state index contributed by atoms with van der Waals surface area (Å²) in [7, 11) is 0. The van der Waals surface area contributed by atoms with E-state index < -0.39 is 5.54 Å². The van der Waals surface area contributed by atoms with Crippen LogP contribution in [0, 0.1) is 5.82 Å². The average molecular weight is 426 g/mol. The van der Waals surface area contributed by atoms with E-state index in [1.54, 1.807) is 28.4 Å². The highest BCUT2D eigenvalue weighted by Gasteiger charge is 2.49. The van der Waals surface area contributed by atoms with Crippen LogP contribution < -0.4 is 10.2 Å². The molecule has 1 aliphatic carbocycles. The highest BCUT2D eigenvalue weighted by molar-refractivity contribution is 7.16. The van der Waals surface area contributed by atoms with Gasteiger partial charge >= 0.3 is 0 Å². The molecule has 1 saturated carbocycles. The summed E-state index contributed by atoms with van der Waals surface area (Å²) in [4.78, 5) is 29.8. The van der Waals surface area contributed by atoms with Crippen molar-refractivity contribution >= 4 is 39.1 Å². The third-order valence-electron chi connectivity index (χ3n) is 6.40. The van der Waals surface area contributed by atoms with Gasteiger partial charge < -0.3 is 9.88 Å². The predicted octanol–water partition coefficient (Wildman–Crippen LogP) is 4.71. The highest BCUT2D eigenvalue weighted by Crippen LogP contribution is 2.37. The third-order valence-corrected chi connectivity index (χ3v) is 7.35. The Labute approximate surface area is 178 Å². The van der Waals surface area contributed by atoms with Crippen LogP contribution in [-0.4, -0.2) is 28.0 Å². The van der Waals surface area contributed by atoms with E-state index in [1.807, 2.05) is 29.0 Å². The van der Waals surface area contributed by atoms with E-state index in [4.69, 9.17) is 0 Å². The largest absolute Gasteiger partial charge is 0.351 e. The van der Waals surface area contributed by atoms with Gasteiger partial charge in [0, 0.05) is 17.1 Å². The van der Waals surface area contributed by atoms with Crippen LogP contribution in [0.15, 0.2) is 41.8 Å². The van der Waals surface area contributed by atoms with Gasteiger partial charge in [-0.3, -0.25) is 14.5 Å². The summed E-state index contributed by atoms with van der Waals surface area (Å²) in [5.74, 6) is -0.769. The molecule has 0 unspecified atom stereocenters. The summed E-state index contributed by atoms with van der Waals surface area (Å²) in [6.07, 6.45) is 5.36. The van der Waals surface area contributed by atoms with Gasteiger partial charge in [0.25, 0.3) is 5.91 Å². The zero-order chi connectivity index (χ0) is 20.9. The SMILES string of the molecule is C[C@]1(C(=O)NC2CCCCC2)Cn2c(cc3ccsc32)C(=O)N1c1ccc(F)cc1. The van der Waals surface area contributed by atoms with Crippen LogP contribution in [-0.2, 0) is 11.3 Å². The third kappa shape index (κ3) is 3.03. The van der Waals surface area contributed by atoms with Crippen LogP contribution >= 0.6 is 11.3 Å². The number of fused-ring (bicyclic) bond motifs is 3. The predicted molar refractivity (Wildman–Crippen MR) is 116 cm³/mol. The lowest BCUT2D eigenvalue weighted by Crippen LogP contribution is -2.65. The molecule has 1 fully saturated rings. The zero-order valence-electron chi connectivity index (χ0n) is 16.9. The summed E-state index contributed by atoms with van der Waals surface area (Å²) in [5.41, 5.74) is -0.0300. The van der Waals surface area contributed by atoms with Crippen LogP contribution in [0.4, 0.5) is 10.1 Å². The summed E-state index contributed by atoms with van der Waals surface area (Å²) < 4.78 is 15.5. The lowest BCUT2D eigenvalue weighted by atomic mass is 9.91. The first-order valence-electron chi connectivity index (χ1n) is 10.5. The number of hydrogen-bond acceptors (Lipinski definition) is 3. The quantitative estimate of drug-likeness (QED) is 0.661. The molecule has 0 spiro atoms. The van der Waals surface area contributed by atoms with Crippen molar-refractivity contribution in [2.45, 2.75) is 57.2 Å². The monoisotopic (exact) mass is 425 g/mol. The molecule has 1 aromatic carbocycles. The molecule has 1 atom stereocenters. The maximum absolute atomic E-state index is 13.6. The number of hydrogen-bond donors (Lipinski definition) is 1. The fourth-order valence-corrected chi connectivity index (χ4v) is 5.68.